The van der Waals surface area contributed by atoms with Crippen molar-refractivity contribution in [3.63, 3.8) is 0 Å². The number of pyridine rings is 1. The zero-order chi connectivity index (χ0) is 22.0. The molecule has 2 fully saturated rings. The molecule has 162 valence electrons. The quantitative estimate of drug-likeness (QED) is 0.435. The number of nitrogens with zero attached hydrogens (tertiary/aromatic N) is 5. The highest BCUT2D eigenvalue weighted by Crippen LogP contribution is 2.39. The number of hydrogen-bond donors (Lipinski definition) is 1. The first kappa shape index (κ1) is 21.1. The number of carbonyl (C=O) groups excluding carboxylic acids is 2. The van der Waals surface area contributed by atoms with Crippen LogP contribution in [0.4, 0.5) is 0 Å². The number of aromatic nitrogens is 3. The van der Waals surface area contributed by atoms with Crippen LogP contribution >= 0.6 is 0 Å². The first-order chi connectivity index (χ1) is 15.0. The zero-order valence-corrected chi connectivity index (χ0v) is 17.6. The van der Waals surface area contributed by atoms with E-state index in [0.29, 0.717) is 48.9 Å². The molecule has 9 heteroatoms. The second-order valence-electron chi connectivity index (χ2n) is 7.65. The number of aliphatic hydroxyl groups is 1. The van der Waals surface area contributed by atoms with E-state index in [2.05, 4.69) is 19.9 Å². The summed E-state index contributed by atoms with van der Waals surface area (Å²) in [6.07, 6.45) is 4.72. The Morgan fingerprint density at radius 2 is 1.97 bits per heavy atom. The monoisotopic (exact) mass is 423 g/mol. The Morgan fingerprint density at radius 1 is 1.19 bits per heavy atom. The van der Waals surface area contributed by atoms with Crippen molar-refractivity contribution in [3.05, 3.63) is 58.9 Å². The fraction of sp³-hybridized carbons (Fsp3) is 0.409. The van der Waals surface area contributed by atoms with Crippen molar-refractivity contribution in [1.29, 1.82) is 0 Å². The van der Waals surface area contributed by atoms with Crippen molar-refractivity contribution in [1.82, 2.24) is 24.8 Å². The van der Waals surface area contributed by atoms with Gasteiger partial charge < -0.3 is 14.7 Å². The molecule has 2 aromatic heterocycles. The number of Topliss-reactive ketones (excluding diaryl/α,β-unsaturated/α-hetero) is 1. The van der Waals surface area contributed by atoms with Gasteiger partial charge in [-0.1, -0.05) is 6.07 Å². The van der Waals surface area contributed by atoms with Crippen molar-refractivity contribution in [2.75, 3.05) is 39.4 Å². The molecule has 0 aromatic carbocycles. The smallest absolute Gasteiger partial charge is 0.295 e. The largest absolute Gasteiger partial charge is 0.507 e. The molecule has 2 aromatic rings. The highest BCUT2D eigenvalue weighted by molar-refractivity contribution is 6.46. The zero-order valence-electron chi connectivity index (χ0n) is 17.6. The van der Waals surface area contributed by atoms with Crippen LogP contribution in [-0.2, 0) is 14.3 Å². The van der Waals surface area contributed by atoms with Gasteiger partial charge in [0, 0.05) is 44.8 Å². The molecule has 0 spiro atoms. The van der Waals surface area contributed by atoms with Gasteiger partial charge in [-0.3, -0.25) is 19.5 Å². The van der Waals surface area contributed by atoms with Crippen LogP contribution in [0, 0.1) is 13.8 Å². The second kappa shape index (κ2) is 8.91. The van der Waals surface area contributed by atoms with Crippen LogP contribution in [0.1, 0.15) is 28.7 Å². The summed E-state index contributed by atoms with van der Waals surface area (Å²) in [6, 6.07) is 2.82. The third-order valence-corrected chi connectivity index (χ3v) is 5.66. The third-order valence-electron chi connectivity index (χ3n) is 5.66. The summed E-state index contributed by atoms with van der Waals surface area (Å²) < 4.78 is 5.38. The Bertz CT molecular complexity index is 1020. The Labute approximate surface area is 180 Å². The number of aliphatic hydroxyl groups excluding tert-OH is 1. The first-order valence-corrected chi connectivity index (χ1v) is 10.3. The van der Waals surface area contributed by atoms with Crippen LogP contribution in [0.15, 0.2) is 36.3 Å². The highest BCUT2D eigenvalue weighted by atomic mass is 16.5. The van der Waals surface area contributed by atoms with E-state index >= 15 is 0 Å². The minimum absolute atomic E-state index is 0.0375. The van der Waals surface area contributed by atoms with Crippen LogP contribution in [-0.4, -0.2) is 80.9 Å². The van der Waals surface area contributed by atoms with Crippen molar-refractivity contribution in [2.24, 2.45) is 0 Å². The number of hydrogen-bond acceptors (Lipinski definition) is 8. The van der Waals surface area contributed by atoms with Gasteiger partial charge in [-0.15, -0.1) is 0 Å². The molecule has 2 saturated heterocycles. The summed E-state index contributed by atoms with van der Waals surface area (Å²) in [6.45, 7) is 7.30. The fourth-order valence-corrected chi connectivity index (χ4v) is 4.03. The van der Waals surface area contributed by atoms with Gasteiger partial charge in [0.25, 0.3) is 11.7 Å². The Balaban J connectivity index is 1.74. The van der Waals surface area contributed by atoms with Crippen molar-refractivity contribution in [3.8, 4) is 0 Å². The van der Waals surface area contributed by atoms with Crippen molar-refractivity contribution >= 4 is 17.4 Å². The SMILES string of the molecule is Cc1ncc(/C(O)=C2\C(=O)C(=O)N(CCN3CCOCC3)C2c2cccnc2)c(C)n1. The molecule has 1 amide bonds. The van der Waals surface area contributed by atoms with E-state index in [9.17, 15) is 14.7 Å². The lowest BCUT2D eigenvalue weighted by Gasteiger charge is -2.30. The van der Waals surface area contributed by atoms with E-state index in [1.807, 2.05) is 0 Å². The molecule has 1 unspecified atom stereocenters. The first-order valence-electron chi connectivity index (χ1n) is 10.3. The lowest BCUT2D eigenvalue weighted by atomic mass is 9.96. The maximum atomic E-state index is 13.0. The molecule has 4 heterocycles. The molecule has 9 nitrogen and oxygen atoms in total. The average Bonchev–Trinajstić information content (AvgIpc) is 3.03. The Kier molecular flexibility index (Phi) is 6.06. The highest BCUT2D eigenvalue weighted by Gasteiger charge is 2.46. The molecular formula is C22H25N5O4. The second-order valence-corrected chi connectivity index (χ2v) is 7.65. The van der Waals surface area contributed by atoms with Crippen LogP contribution in [0.25, 0.3) is 5.76 Å². The summed E-state index contributed by atoms with van der Waals surface area (Å²) in [5, 5.41) is 11.1. The molecular weight excluding hydrogens is 398 g/mol. The standard InChI is InChI=1S/C22H25N5O4/c1-14-17(13-24-15(2)25-14)20(28)18-19(16-4-3-5-23-12-16)27(22(30)21(18)29)7-6-26-8-10-31-11-9-26/h3-5,12-13,19,28H,6-11H2,1-2H3/b20-18+. The number of likely N-dealkylation sites (tertiary alicyclic amines) is 1. The molecule has 2 aliphatic rings. The maximum absolute atomic E-state index is 13.0. The number of ketones is 1. The Hall–Kier alpha value is -3.17. The predicted molar refractivity (Wildman–Crippen MR) is 112 cm³/mol. The molecule has 0 radical (unpaired) electrons. The average molecular weight is 423 g/mol. The molecule has 31 heavy (non-hydrogen) atoms. The van der Waals surface area contributed by atoms with Gasteiger partial charge >= 0.3 is 0 Å². The molecule has 1 atom stereocenters. The number of amides is 1. The Morgan fingerprint density at radius 3 is 2.65 bits per heavy atom. The van der Waals surface area contributed by atoms with Gasteiger partial charge in [0.2, 0.25) is 0 Å². The molecule has 0 bridgehead atoms. The minimum atomic E-state index is -0.726. The molecule has 0 saturated carbocycles. The number of aryl methyl sites for hydroxylation is 2. The number of carbonyl (C=O) groups is 2. The molecule has 0 aliphatic carbocycles. The summed E-state index contributed by atoms with van der Waals surface area (Å²) in [4.78, 5) is 42.3. The van der Waals surface area contributed by atoms with Gasteiger partial charge in [0.05, 0.1) is 36.1 Å². The number of ether oxygens (including phenoxy) is 1. The van der Waals surface area contributed by atoms with Gasteiger partial charge in [-0.05, 0) is 25.5 Å². The van der Waals surface area contributed by atoms with E-state index in [1.54, 1.807) is 38.4 Å². The summed E-state index contributed by atoms with van der Waals surface area (Å²) in [5.74, 6) is -1.05. The van der Waals surface area contributed by atoms with E-state index < -0.39 is 17.7 Å². The third kappa shape index (κ3) is 4.19. The van der Waals surface area contributed by atoms with Crippen LogP contribution in [0.2, 0.25) is 0 Å². The van der Waals surface area contributed by atoms with Crippen molar-refractivity contribution < 1.29 is 19.4 Å². The van der Waals surface area contributed by atoms with Gasteiger partial charge in [-0.25, -0.2) is 9.97 Å². The van der Waals surface area contributed by atoms with E-state index in [1.165, 1.54) is 11.1 Å². The molecule has 4 rings (SSSR count). The summed E-state index contributed by atoms with van der Waals surface area (Å²) in [7, 11) is 0. The van der Waals surface area contributed by atoms with Crippen LogP contribution in [0.5, 0.6) is 0 Å². The van der Waals surface area contributed by atoms with Crippen LogP contribution in [0.3, 0.4) is 0 Å². The van der Waals surface area contributed by atoms with E-state index in [4.69, 9.17) is 4.74 Å². The minimum Gasteiger partial charge on any atom is -0.507 e. The van der Waals surface area contributed by atoms with Gasteiger partial charge in [0.15, 0.2) is 0 Å². The van der Waals surface area contributed by atoms with E-state index in [-0.39, 0.29) is 11.3 Å². The van der Waals surface area contributed by atoms with Crippen LogP contribution < -0.4 is 0 Å². The van der Waals surface area contributed by atoms with E-state index in [0.717, 1.165) is 13.1 Å². The van der Waals surface area contributed by atoms with Gasteiger partial charge in [-0.2, -0.15) is 0 Å². The predicted octanol–water partition coefficient (Wildman–Crippen LogP) is 1.24. The number of morpholine rings is 1. The topological polar surface area (TPSA) is 109 Å². The lowest BCUT2D eigenvalue weighted by molar-refractivity contribution is -0.140. The summed E-state index contributed by atoms with van der Waals surface area (Å²) >= 11 is 0. The van der Waals surface area contributed by atoms with Gasteiger partial charge in [0.1, 0.15) is 11.6 Å². The molecule has 2 aliphatic heterocycles. The summed E-state index contributed by atoms with van der Waals surface area (Å²) in [5.41, 5.74) is 1.58. The number of rotatable bonds is 5. The normalized spacial score (nSPS) is 21.6. The lowest BCUT2D eigenvalue weighted by Crippen LogP contribution is -2.42. The fourth-order valence-electron chi connectivity index (χ4n) is 4.03. The van der Waals surface area contributed by atoms with Crippen molar-refractivity contribution in [2.45, 2.75) is 19.9 Å². The maximum Gasteiger partial charge on any atom is 0.295 e. The molecule has 1 N–H and O–H groups in total.